The Morgan fingerprint density at radius 1 is 1.36 bits per heavy atom. The summed E-state index contributed by atoms with van der Waals surface area (Å²) in [5.41, 5.74) is 1.63. The Morgan fingerprint density at radius 2 is 2.00 bits per heavy atom. The Balaban J connectivity index is 3.35. The molecule has 1 aromatic carbocycles. The molecule has 0 spiro atoms. The van der Waals surface area contributed by atoms with Crippen LogP contribution in [-0.4, -0.2) is 6.29 Å². The van der Waals surface area contributed by atoms with Crippen LogP contribution < -0.4 is 0 Å². The minimum Gasteiger partial charge on any atom is -0.298 e. The van der Waals surface area contributed by atoms with Crippen LogP contribution in [-0.2, 0) is 0 Å². The van der Waals surface area contributed by atoms with E-state index >= 15 is 0 Å². The molecular weight excluding hydrogens is 143 g/mol. The third-order valence-electron chi connectivity index (χ3n) is 1.66. The molecule has 1 aromatic rings. The van der Waals surface area contributed by atoms with Crippen LogP contribution in [0.3, 0.4) is 0 Å². The van der Waals surface area contributed by atoms with E-state index in [4.69, 9.17) is 0 Å². The van der Waals surface area contributed by atoms with Crippen molar-refractivity contribution in [3.63, 3.8) is 0 Å². The van der Waals surface area contributed by atoms with E-state index in [0.717, 1.165) is 5.56 Å². The molecule has 0 atom stereocenters. The molecule has 0 bridgehead atoms. The van der Waals surface area contributed by atoms with Gasteiger partial charge in [-0.25, -0.2) is 4.39 Å². The molecule has 0 aromatic heterocycles. The molecule has 0 fully saturated rings. The number of benzene rings is 1. The molecular formula is C9H9FO. The predicted molar refractivity (Wildman–Crippen MR) is 41.3 cm³/mol. The van der Waals surface area contributed by atoms with Gasteiger partial charge in [-0.1, -0.05) is 0 Å². The first kappa shape index (κ1) is 7.92. The van der Waals surface area contributed by atoms with Crippen molar-refractivity contribution in [2.75, 3.05) is 0 Å². The van der Waals surface area contributed by atoms with Gasteiger partial charge in [-0.15, -0.1) is 0 Å². The number of hydrogen-bond acceptors (Lipinski definition) is 1. The fourth-order valence-electron chi connectivity index (χ4n) is 0.964. The van der Waals surface area contributed by atoms with E-state index in [2.05, 4.69) is 0 Å². The van der Waals surface area contributed by atoms with Crippen molar-refractivity contribution in [3.05, 3.63) is 34.6 Å². The van der Waals surface area contributed by atoms with Crippen molar-refractivity contribution >= 4 is 6.29 Å². The molecule has 2 heteroatoms. The summed E-state index contributed by atoms with van der Waals surface area (Å²) in [7, 11) is 0. The molecule has 58 valence electrons. The molecule has 0 amide bonds. The van der Waals surface area contributed by atoms with E-state index in [-0.39, 0.29) is 5.82 Å². The summed E-state index contributed by atoms with van der Waals surface area (Å²) in [5.74, 6) is -0.313. The van der Waals surface area contributed by atoms with E-state index < -0.39 is 0 Å². The third-order valence-corrected chi connectivity index (χ3v) is 1.66. The fraction of sp³-hybridized carbons (Fsp3) is 0.222. The molecule has 0 aliphatic carbocycles. The highest BCUT2D eigenvalue weighted by Gasteiger charge is 2.03. The Bertz CT molecular complexity index is 292. The Labute approximate surface area is 64.9 Å². The second-order valence-electron chi connectivity index (χ2n) is 2.58. The standard InChI is InChI=1S/C9H9FO/c1-6-3-8(5-11)7(2)9(10)4-6/h3-5H,1-2H3. The maximum Gasteiger partial charge on any atom is 0.150 e. The van der Waals surface area contributed by atoms with Gasteiger partial charge in [-0.3, -0.25) is 4.79 Å². The summed E-state index contributed by atoms with van der Waals surface area (Å²) >= 11 is 0. The van der Waals surface area contributed by atoms with Gasteiger partial charge in [0.05, 0.1) is 0 Å². The molecule has 0 heterocycles. The van der Waals surface area contributed by atoms with E-state index in [9.17, 15) is 9.18 Å². The Kier molecular flexibility index (Phi) is 2.03. The van der Waals surface area contributed by atoms with Gasteiger partial charge < -0.3 is 0 Å². The van der Waals surface area contributed by atoms with Gasteiger partial charge in [-0.05, 0) is 37.1 Å². The monoisotopic (exact) mass is 152 g/mol. The first-order valence-corrected chi connectivity index (χ1v) is 3.37. The SMILES string of the molecule is Cc1cc(F)c(C)c(C=O)c1. The van der Waals surface area contributed by atoms with Gasteiger partial charge in [0.25, 0.3) is 0 Å². The number of rotatable bonds is 1. The van der Waals surface area contributed by atoms with Crippen LogP contribution in [0.5, 0.6) is 0 Å². The lowest BCUT2D eigenvalue weighted by Gasteiger charge is -2.00. The number of carbonyl (C=O) groups excluding carboxylic acids is 1. The van der Waals surface area contributed by atoms with Crippen LogP contribution in [0.25, 0.3) is 0 Å². The highest BCUT2D eigenvalue weighted by molar-refractivity contribution is 5.77. The van der Waals surface area contributed by atoms with Gasteiger partial charge >= 0.3 is 0 Å². The number of halogens is 1. The molecule has 0 aliphatic heterocycles. The van der Waals surface area contributed by atoms with Crippen LogP contribution in [0.1, 0.15) is 21.5 Å². The summed E-state index contributed by atoms with van der Waals surface area (Å²) in [5, 5.41) is 0. The fourth-order valence-corrected chi connectivity index (χ4v) is 0.964. The van der Waals surface area contributed by atoms with Crippen molar-refractivity contribution < 1.29 is 9.18 Å². The van der Waals surface area contributed by atoms with Gasteiger partial charge in [-0.2, -0.15) is 0 Å². The summed E-state index contributed by atoms with van der Waals surface area (Å²) < 4.78 is 12.9. The largest absolute Gasteiger partial charge is 0.298 e. The number of hydrogen-bond donors (Lipinski definition) is 0. The number of aldehydes is 1. The highest BCUT2D eigenvalue weighted by atomic mass is 19.1. The maximum absolute atomic E-state index is 12.9. The lowest BCUT2D eigenvalue weighted by atomic mass is 10.1. The molecule has 1 nitrogen and oxygen atoms in total. The average Bonchev–Trinajstić information content (AvgIpc) is 1.96. The summed E-state index contributed by atoms with van der Waals surface area (Å²) in [4.78, 5) is 10.4. The van der Waals surface area contributed by atoms with Crippen molar-refractivity contribution in [1.29, 1.82) is 0 Å². The topological polar surface area (TPSA) is 17.1 Å². The predicted octanol–water partition coefficient (Wildman–Crippen LogP) is 2.26. The van der Waals surface area contributed by atoms with Crippen LogP contribution >= 0.6 is 0 Å². The van der Waals surface area contributed by atoms with Crippen LogP contribution in [0.4, 0.5) is 4.39 Å². The first-order chi connectivity index (χ1) is 5.15. The maximum atomic E-state index is 12.9. The van der Waals surface area contributed by atoms with Gasteiger partial charge in [0.1, 0.15) is 12.1 Å². The average molecular weight is 152 g/mol. The summed E-state index contributed by atoms with van der Waals surface area (Å²) in [6.45, 7) is 3.36. The molecule has 0 saturated carbocycles. The first-order valence-electron chi connectivity index (χ1n) is 3.37. The molecule has 0 aliphatic rings. The zero-order valence-electron chi connectivity index (χ0n) is 6.52. The van der Waals surface area contributed by atoms with Crippen molar-refractivity contribution in [1.82, 2.24) is 0 Å². The van der Waals surface area contributed by atoms with Gasteiger partial charge in [0, 0.05) is 5.56 Å². The van der Waals surface area contributed by atoms with E-state index in [1.807, 2.05) is 0 Å². The van der Waals surface area contributed by atoms with Crippen molar-refractivity contribution in [2.45, 2.75) is 13.8 Å². The molecule has 1 rings (SSSR count). The Morgan fingerprint density at radius 3 is 2.55 bits per heavy atom. The Hall–Kier alpha value is -1.18. The second-order valence-corrected chi connectivity index (χ2v) is 2.58. The van der Waals surface area contributed by atoms with Crippen LogP contribution in [0.2, 0.25) is 0 Å². The third kappa shape index (κ3) is 1.45. The molecule has 11 heavy (non-hydrogen) atoms. The van der Waals surface area contributed by atoms with E-state index in [0.29, 0.717) is 17.4 Å². The summed E-state index contributed by atoms with van der Waals surface area (Å²) in [6, 6.07) is 3.09. The normalized spacial score (nSPS) is 9.73. The molecule has 0 N–H and O–H groups in total. The smallest absolute Gasteiger partial charge is 0.150 e. The molecule has 0 unspecified atom stereocenters. The zero-order valence-corrected chi connectivity index (χ0v) is 6.52. The number of aryl methyl sites for hydroxylation is 1. The molecule has 0 saturated heterocycles. The quantitative estimate of drug-likeness (QED) is 0.564. The minimum absolute atomic E-state index is 0.313. The van der Waals surface area contributed by atoms with E-state index in [1.165, 1.54) is 6.07 Å². The lowest BCUT2D eigenvalue weighted by Crippen LogP contribution is -1.92. The minimum atomic E-state index is -0.313. The van der Waals surface area contributed by atoms with Gasteiger partial charge in [0.2, 0.25) is 0 Å². The lowest BCUT2D eigenvalue weighted by molar-refractivity contribution is 0.112. The summed E-state index contributed by atoms with van der Waals surface area (Å²) in [6.07, 6.45) is 0.672. The highest BCUT2D eigenvalue weighted by Crippen LogP contribution is 2.12. The number of carbonyl (C=O) groups is 1. The van der Waals surface area contributed by atoms with Crippen LogP contribution in [0, 0.1) is 19.7 Å². The van der Waals surface area contributed by atoms with Crippen LogP contribution in [0.15, 0.2) is 12.1 Å². The van der Waals surface area contributed by atoms with E-state index in [1.54, 1.807) is 19.9 Å². The zero-order chi connectivity index (χ0) is 8.43. The second kappa shape index (κ2) is 2.82. The molecule has 0 radical (unpaired) electrons. The van der Waals surface area contributed by atoms with Crippen molar-refractivity contribution in [3.8, 4) is 0 Å². The van der Waals surface area contributed by atoms with Gasteiger partial charge in [0.15, 0.2) is 0 Å². The van der Waals surface area contributed by atoms with Crippen molar-refractivity contribution in [2.24, 2.45) is 0 Å².